The second-order valence-electron chi connectivity index (χ2n) is 4.72. The molecule has 0 radical (unpaired) electrons. The summed E-state index contributed by atoms with van der Waals surface area (Å²) in [6, 6.07) is 5.80. The number of hydrogen-bond donors (Lipinski definition) is 4. The smallest absolute Gasteiger partial charge is 0.209 e. The van der Waals surface area contributed by atoms with E-state index in [1.54, 1.807) is 13.3 Å². The largest absolute Gasteiger partial charge is 0.497 e. The molecule has 0 aliphatic rings. The Bertz CT molecular complexity index is 663. The van der Waals surface area contributed by atoms with Crippen LogP contribution in [0.4, 0.5) is 0 Å². The normalized spacial score (nSPS) is 12.2. The van der Waals surface area contributed by atoms with Gasteiger partial charge in [0.15, 0.2) is 0 Å². The number of nitrogens with one attached hydrogen (secondary N) is 2. The molecule has 0 aliphatic heterocycles. The van der Waals surface area contributed by atoms with E-state index < -0.39 is 0 Å². The molecule has 5 N–H and O–H groups in total. The molecule has 0 saturated heterocycles. The Kier molecular flexibility index (Phi) is 5.79. The van der Waals surface area contributed by atoms with Gasteiger partial charge in [0.05, 0.1) is 13.3 Å². The molecule has 0 spiro atoms. The highest BCUT2D eigenvalue weighted by Crippen LogP contribution is 2.22. The van der Waals surface area contributed by atoms with Crippen molar-refractivity contribution in [2.45, 2.75) is 12.8 Å². The maximum absolute atomic E-state index is 8.67. The first kappa shape index (κ1) is 15.8. The molecule has 1 aromatic heterocycles. The van der Waals surface area contributed by atoms with Crippen molar-refractivity contribution >= 4 is 23.1 Å². The lowest BCUT2D eigenvalue weighted by Crippen LogP contribution is -2.27. The van der Waals surface area contributed by atoms with E-state index in [0.717, 1.165) is 35.1 Å². The standard InChI is InChI=1S/C15H21N5O2/c1-22-12-4-5-14-13(8-12)11(9-18-14)10-19-20-15(16)17-6-2-3-7-21/h4-5,8-10,18,21H,2-3,6-7H2,1H3,(H3,16,17,20)/b19-10+. The molecule has 22 heavy (non-hydrogen) atoms. The van der Waals surface area contributed by atoms with Crippen LogP contribution in [0.1, 0.15) is 18.4 Å². The van der Waals surface area contributed by atoms with Gasteiger partial charge >= 0.3 is 0 Å². The first-order chi connectivity index (χ1) is 10.7. The zero-order valence-corrected chi connectivity index (χ0v) is 12.5. The van der Waals surface area contributed by atoms with Crippen molar-refractivity contribution in [3.05, 3.63) is 30.0 Å². The SMILES string of the molecule is COc1ccc2[nH]cc(/C=N/NC(N)=NCCCCO)c2c1. The third-order valence-corrected chi connectivity index (χ3v) is 3.15. The zero-order valence-electron chi connectivity index (χ0n) is 12.5. The van der Waals surface area contributed by atoms with E-state index in [-0.39, 0.29) is 12.6 Å². The van der Waals surface area contributed by atoms with E-state index in [2.05, 4.69) is 20.5 Å². The number of aromatic amines is 1. The van der Waals surface area contributed by atoms with E-state index >= 15 is 0 Å². The number of benzene rings is 1. The van der Waals surface area contributed by atoms with Gasteiger partial charge in [0.25, 0.3) is 0 Å². The third-order valence-electron chi connectivity index (χ3n) is 3.15. The van der Waals surface area contributed by atoms with Gasteiger partial charge in [0.1, 0.15) is 5.75 Å². The molecule has 0 amide bonds. The van der Waals surface area contributed by atoms with Crippen LogP contribution >= 0.6 is 0 Å². The molecular formula is C15H21N5O2. The summed E-state index contributed by atoms with van der Waals surface area (Å²) in [5.74, 6) is 1.05. The third kappa shape index (κ3) is 4.23. The molecule has 0 fully saturated rings. The molecule has 0 unspecified atom stereocenters. The van der Waals surface area contributed by atoms with Gasteiger partial charge in [0, 0.05) is 35.8 Å². The molecule has 1 heterocycles. The predicted molar refractivity (Wildman–Crippen MR) is 88.4 cm³/mol. The summed E-state index contributed by atoms with van der Waals surface area (Å²) in [5.41, 5.74) is 10.3. The lowest BCUT2D eigenvalue weighted by atomic mass is 10.2. The van der Waals surface area contributed by atoms with Gasteiger partial charge in [-0.1, -0.05) is 0 Å². The Morgan fingerprint density at radius 2 is 2.32 bits per heavy atom. The van der Waals surface area contributed by atoms with Gasteiger partial charge in [-0.05, 0) is 31.0 Å². The van der Waals surface area contributed by atoms with Gasteiger partial charge < -0.3 is 20.6 Å². The van der Waals surface area contributed by atoms with E-state index in [4.69, 9.17) is 15.6 Å². The predicted octanol–water partition coefficient (Wildman–Crippen LogP) is 1.19. The molecule has 118 valence electrons. The monoisotopic (exact) mass is 303 g/mol. The minimum atomic E-state index is 0.172. The Labute approximate surface area is 128 Å². The molecule has 2 aromatic rings. The fourth-order valence-electron chi connectivity index (χ4n) is 1.98. The summed E-state index contributed by atoms with van der Waals surface area (Å²) in [4.78, 5) is 7.27. The summed E-state index contributed by atoms with van der Waals surface area (Å²) in [6.07, 6.45) is 5.06. The number of aliphatic hydroxyl groups is 1. The summed E-state index contributed by atoms with van der Waals surface area (Å²) in [7, 11) is 1.64. The minimum Gasteiger partial charge on any atom is -0.497 e. The van der Waals surface area contributed by atoms with Crippen LogP contribution in [0.3, 0.4) is 0 Å². The number of fused-ring (bicyclic) bond motifs is 1. The van der Waals surface area contributed by atoms with Crippen LogP contribution in [0.2, 0.25) is 0 Å². The first-order valence-corrected chi connectivity index (χ1v) is 7.09. The molecule has 0 saturated carbocycles. The number of H-pyrrole nitrogens is 1. The van der Waals surface area contributed by atoms with Gasteiger partial charge in [-0.15, -0.1) is 0 Å². The average Bonchev–Trinajstić information content (AvgIpc) is 2.94. The molecule has 7 heteroatoms. The van der Waals surface area contributed by atoms with Crippen LogP contribution in [-0.4, -0.2) is 42.5 Å². The molecule has 2 rings (SSSR count). The van der Waals surface area contributed by atoms with Gasteiger partial charge in [-0.25, -0.2) is 5.43 Å². The number of nitrogens with zero attached hydrogens (tertiary/aromatic N) is 2. The van der Waals surface area contributed by atoms with Crippen molar-refractivity contribution in [2.24, 2.45) is 15.8 Å². The number of methoxy groups -OCH3 is 1. The van der Waals surface area contributed by atoms with E-state index in [1.807, 2.05) is 24.4 Å². The Morgan fingerprint density at radius 1 is 1.45 bits per heavy atom. The second kappa shape index (κ2) is 8.04. The van der Waals surface area contributed by atoms with Crippen LogP contribution in [-0.2, 0) is 0 Å². The number of guanidine groups is 1. The number of nitrogens with two attached hydrogens (primary N) is 1. The highest BCUT2D eigenvalue weighted by molar-refractivity contribution is 5.99. The van der Waals surface area contributed by atoms with Crippen LogP contribution in [0.5, 0.6) is 5.75 Å². The Balaban J connectivity index is 1.98. The molecule has 0 bridgehead atoms. The van der Waals surface area contributed by atoms with Crippen molar-refractivity contribution in [1.29, 1.82) is 0 Å². The minimum absolute atomic E-state index is 0.172. The number of unbranched alkanes of at least 4 members (excludes halogenated alkanes) is 1. The van der Waals surface area contributed by atoms with E-state index in [0.29, 0.717) is 6.54 Å². The Hall–Kier alpha value is -2.54. The number of aliphatic imine (C=N–C) groups is 1. The number of hydrazone groups is 1. The van der Waals surface area contributed by atoms with Crippen molar-refractivity contribution in [3.63, 3.8) is 0 Å². The van der Waals surface area contributed by atoms with Crippen LogP contribution in [0.25, 0.3) is 10.9 Å². The average molecular weight is 303 g/mol. The Morgan fingerprint density at radius 3 is 3.09 bits per heavy atom. The van der Waals surface area contributed by atoms with Crippen molar-refractivity contribution in [3.8, 4) is 5.75 Å². The highest BCUT2D eigenvalue weighted by atomic mass is 16.5. The number of aromatic nitrogens is 1. The highest BCUT2D eigenvalue weighted by Gasteiger charge is 2.03. The van der Waals surface area contributed by atoms with E-state index in [9.17, 15) is 0 Å². The van der Waals surface area contributed by atoms with Crippen LogP contribution in [0.15, 0.2) is 34.5 Å². The first-order valence-electron chi connectivity index (χ1n) is 7.09. The van der Waals surface area contributed by atoms with Gasteiger partial charge in [-0.3, -0.25) is 4.99 Å². The van der Waals surface area contributed by atoms with Crippen LogP contribution in [0, 0.1) is 0 Å². The quantitative estimate of drug-likeness (QED) is 0.267. The van der Waals surface area contributed by atoms with E-state index in [1.165, 1.54) is 0 Å². The topological polar surface area (TPSA) is 108 Å². The lowest BCUT2D eigenvalue weighted by Gasteiger charge is -2.00. The number of ether oxygens (including phenoxy) is 1. The summed E-state index contributed by atoms with van der Waals surface area (Å²) in [6.45, 7) is 0.740. The summed E-state index contributed by atoms with van der Waals surface area (Å²) >= 11 is 0. The maximum Gasteiger partial charge on any atom is 0.209 e. The number of hydrogen-bond acceptors (Lipinski definition) is 4. The molecular weight excluding hydrogens is 282 g/mol. The van der Waals surface area contributed by atoms with Crippen molar-refractivity contribution < 1.29 is 9.84 Å². The zero-order chi connectivity index (χ0) is 15.8. The van der Waals surface area contributed by atoms with Crippen LogP contribution < -0.4 is 15.9 Å². The lowest BCUT2D eigenvalue weighted by molar-refractivity contribution is 0.285. The van der Waals surface area contributed by atoms with Gasteiger partial charge in [-0.2, -0.15) is 5.10 Å². The molecule has 0 aliphatic carbocycles. The second-order valence-corrected chi connectivity index (χ2v) is 4.72. The van der Waals surface area contributed by atoms with Crippen molar-refractivity contribution in [1.82, 2.24) is 10.4 Å². The molecule has 7 nitrogen and oxygen atoms in total. The number of aliphatic hydroxyl groups excluding tert-OH is 1. The summed E-state index contributed by atoms with van der Waals surface area (Å²) < 4.78 is 5.22. The molecule has 1 aromatic carbocycles. The molecule has 0 atom stereocenters. The number of rotatable bonds is 7. The fraction of sp³-hybridized carbons (Fsp3) is 0.333. The van der Waals surface area contributed by atoms with Gasteiger partial charge in [0.2, 0.25) is 5.96 Å². The fourth-order valence-corrected chi connectivity index (χ4v) is 1.98. The maximum atomic E-state index is 8.67. The van der Waals surface area contributed by atoms with Crippen molar-refractivity contribution in [2.75, 3.05) is 20.3 Å². The summed E-state index contributed by atoms with van der Waals surface area (Å²) in [5, 5.41) is 13.8.